The van der Waals surface area contributed by atoms with Gasteiger partial charge in [0.15, 0.2) is 5.16 Å². The lowest BCUT2D eigenvalue weighted by Crippen LogP contribution is -2.25. The molecule has 3 rings (SSSR count). The number of hydrogen-bond acceptors (Lipinski definition) is 8. The van der Waals surface area contributed by atoms with Crippen molar-refractivity contribution in [3.8, 4) is 0 Å². The van der Waals surface area contributed by atoms with Crippen molar-refractivity contribution in [2.75, 3.05) is 10.0 Å². The Labute approximate surface area is 185 Å². The number of anilines is 2. The van der Waals surface area contributed by atoms with Gasteiger partial charge in [-0.05, 0) is 56.7 Å². The fourth-order valence-electron chi connectivity index (χ4n) is 2.67. The van der Waals surface area contributed by atoms with E-state index < -0.39 is 10.0 Å². The smallest absolute Gasteiger partial charge is 0.264 e. The van der Waals surface area contributed by atoms with Gasteiger partial charge in [0.1, 0.15) is 0 Å². The van der Waals surface area contributed by atoms with Gasteiger partial charge in [-0.15, -0.1) is 0 Å². The summed E-state index contributed by atoms with van der Waals surface area (Å²) in [5.74, 6) is -0.224. The average molecular weight is 459 g/mol. The van der Waals surface area contributed by atoms with Crippen LogP contribution >= 0.6 is 11.8 Å². The van der Waals surface area contributed by atoms with Crippen LogP contribution in [0.25, 0.3) is 0 Å². The molecule has 0 spiro atoms. The molecule has 1 atom stereocenters. The molecule has 2 heterocycles. The Morgan fingerprint density at radius 3 is 2.26 bits per heavy atom. The summed E-state index contributed by atoms with van der Waals surface area (Å²) in [6.45, 7) is 5.68. The van der Waals surface area contributed by atoms with Crippen LogP contribution in [0.15, 0.2) is 58.8 Å². The van der Waals surface area contributed by atoms with Crippen molar-refractivity contribution in [2.24, 2.45) is 0 Å². The number of hydrogen-bond donors (Lipinski definition) is 2. The molecule has 1 amide bonds. The third-order valence-electron chi connectivity index (χ3n) is 4.10. The summed E-state index contributed by atoms with van der Waals surface area (Å²) in [5.41, 5.74) is 2.17. The zero-order valence-electron chi connectivity index (χ0n) is 17.2. The maximum Gasteiger partial charge on any atom is 0.264 e. The molecule has 0 aliphatic rings. The van der Waals surface area contributed by atoms with Crippen LogP contribution in [-0.2, 0) is 14.8 Å². The molecule has 9 nitrogen and oxygen atoms in total. The Morgan fingerprint density at radius 2 is 1.68 bits per heavy atom. The molecular weight excluding hydrogens is 436 g/mol. The molecule has 3 aromatic rings. The summed E-state index contributed by atoms with van der Waals surface area (Å²) < 4.78 is 27.2. The lowest BCUT2D eigenvalue weighted by molar-refractivity contribution is -0.115. The summed E-state index contributed by atoms with van der Waals surface area (Å²) in [7, 11) is -3.84. The van der Waals surface area contributed by atoms with E-state index in [0.717, 1.165) is 11.4 Å². The van der Waals surface area contributed by atoms with Gasteiger partial charge in [0, 0.05) is 29.5 Å². The van der Waals surface area contributed by atoms with Crippen LogP contribution in [0.3, 0.4) is 0 Å². The molecule has 162 valence electrons. The van der Waals surface area contributed by atoms with Gasteiger partial charge in [-0.25, -0.2) is 33.1 Å². The Bertz CT molecular complexity index is 1140. The van der Waals surface area contributed by atoms with Gasteiger partial charge in [0.25, 0.3) is 10.0 Å². The van der Waals surface area contributed by atoms with Crippen LogP contribution in [0.4, 0.5) is 11.6 Å². The number of sulfonamides is 1. The van der Waals surface area contributed by atoms with E-state index >= 15 is 0 Å². The molecule has 2 aromatic heterocycles. The van der Waals surface area contributed by atoms with Crippen LogP contribution in [0.1, 0.15) is 24.7 Å². The summed E-state index contributed by atoms with van der Waals surface area (Å²) in [4.78, 5) is 29.2. The van der Waals surface area contributed by atoms with E-state index in [1.165, 1.54) is 48.4 Å². The minimum Gasteiger partial charge on any atom is -0.325 e. The van der Waals surface area contributed by atoms with Gasteiger partial charge in [-0.1, -0.05) is 18.7 Å². The van der Waals surface area contributed by atoms with Crippen molar-refractivity contribution < 1.29 is 13.2 Å². The number of nitrogens with zero attached hydrogens (tertiary/aromatic N) is 4. The number of aromatic nitrogens is 4. The number of aryl methyl sites for hydroxylation is 2. The van der Waals surface area contributed by atoms with E-state index in [2.05, 4.69) is 30.0 Å². The average Bonchev–Trinajstić information content (AvgIpc) is 2.72. The number of nitrogens with one attached hydrogen (secondary N) is 2. The normalized spacial score (nSPS) is 12.2. The fraction of sp³-hybridized carbons (Fsp3) is 0.250. The number of thioether (sulfide) groups is 1. The monoisotopic (exact) mass is 458 g/mol. The third-order valence-corrected chi connectivity index (χ3v) is 6.67. The SMILES string of the molecule is CCC(Sc1nc(C)cc(C)n1)C(=O)Nc1ccc(S(=O)(=O)Nc2ncccn2)cc1. The lowest BCUT2D eigenvalue weighted by Gasteiger charge is -2.14. The second kappa shape index (κ2) is 9.84. The van der Waals surface area contributed by atoms with Crippen LogP contribution in [0.2, 0.25) is 0 Å². The minimum atomic E-state index is -3.84. The molecule has 0 saturated carbocycles. The van der Waals surface area contributed by atoms with Crippen LogP contribution in [0.5, 0.6) is 0 Å². The van der Waals surface area contributed by atoms with Gasteiger partial charge in [0.05, 0.1) is 10.1 Å². The highest BCUT2D eigenvalue weighted by Gasteiger charge is 2.21. The molecule has 0 fully saturated rings. The first-order valence-corrected chi connectivity index (χ1v) is 11.8. The molecule has 2 N–H and O–H groups in total. The molecule has 1 aromatic carbocycles. The molecule has 0 radical (unpaired) electrons. The first-order chi connectivity index (χ1) is 14.8. The van der Waals surface area contributed by atoms with E-state index in [4.69, 9.17) is 0 Å². The third kappa shape index (κ3) is 6.22. The van der Waals surface area contributed by atoms with Crippen molar-refractivity contribution in [3.63, 3.8) is 0 Å². The highest BCUT2D eigenvalue weighted by Crippen LogP contribution is 2.24. The zero-order chi connectivity index (χ0) is 22.4. The molecule has 1 unspecified atom stereocenters. The number of rotatable bonds is 8. The van der Waals surface area contributed by atoms with Gasteiger partial charge < -0.3 is 5.32 Å². The summed E-state index contributed by atoms with van der Waals surface area (Å²) >= 11 is 1.30. The summed E-state index contributed by atoms with van der Waals surface area (Å²) in [6, 6.07) is 9.33. The van der Waals surface area contributed by atoms with Crippen molar-refractivity contribution in [1.29, 1.82) is 0 Å². The van der Waals surface area contributed by atoms with Crippen LogP contribution in [0, 0.1) is 13.8 Å². The second-order valence-corrected chi connectivity index (χ2v) is 9.49. The number of benzene rings is 1. The van der Waals surface area contributed by atoms with Crippen LogP contribution in [-0.4, -0.2) is 39.5 Å². The molecule has 0 bridgehead atoms. The standard InChI is InChI=1S/C20H22N6O3S2/c1-4-17(30-20-23-13(2)12-14(3)24-20)18(27)25-15-6-8-16(9-7-15)31(28,29)26-19-21-10-5-11-22-19/h5-12,17H,4H2,1-3H3,(H,25,27)(H,21,22,26). The maximum atomic E-state index is 12.7. The van der Waals surface area contributed by atoms with Gasteiger partial charge >= 0.3 is 0 Å². The van der Waals surface area contributed by atoms with E-state index in [0.29, 0.717) is 17.3 Å². The second-order valence-electron chi connectivity index (χ2n) is 6.64. The fourth-order valence-corrected chi connectivity index (χ4v) is 4.61. The lowest BCUT2D eigenvalue weighted by atomic mass is 10.3. The Hall–Kier alpha value is -3.05. The van der Waals surface area contributed by atoms with Crippen molar-refractivity contribution in [3.05, 3.63) is 60.2 Å². The van der Waals surface area contributed by atoms with Gasteiger partial charge in [-0.3, -0.25) is 4.79 Å². The largest absolute Gasteiger partial charge is 0.325 e. The Kier molecular flexibility index (Phi) is 7.18. The first kappa shape index (κ1) is 22.6. The molecular formula is C20H22N6O3S2. The topological polar surface area (TPSA) is 127 Å². The van der Waals surface area contributed by atoms with E-state index in [-0.39, 0.29) is 22.0 Å². The summed E-state index contributed by atoms with van der Waals surface area (Å²) in [5, 5.41) is 2.98. The van der Waals surface area contributed by atoms with E-state index in [1.807, 2.05) is 26.8 Å². The number of carbonyl (C=O) groups is 1. The van der Waals surface area contributed by atoms with Gasteiger partial charge in [0.2, 0.25) is 11.9 Å². The Morgan fingerprint density at radius 1 is 1.06 bits per heavy atom. The minimum absolute atomic E-state index is 0.0173. The quantitative estimate of drug-likeness (QED) is 0.389. The highest BCUT2D eigenvalue weighted by atomic mass is 32.2. The number of amides is 1. The molecule has 31 heavy (non-hydrogen) atoms. The Balaban J connectivity index is 1.67. The predicted octanol–water partition coefficient (Wildman–Crippen LogP) is 3.19. The maximum absolute atomic E-state index is 12.7. The zero-order valence-corrected chi connectivity index (χ0v) is 18.9. The molecule has 0 aliphatic heterocycles. The predicted molar refractivity (Wildman–Crippen MR) is 119 cm³/mol. The van der Waals surface area contributed by atoms with Crippen LogP contribution < -0.4 is 10.0 Å². The summed E-state index contributed by atoms with van der Waals surface area (Å²) in [6.07, 6.45) is 3.46. The highest BCUT2D eigenvalue weighted by molar-refractivity contribution is 8.00. The first-order valence-electron chi connectivity index (χ1n) is 9.46. The molecule has 0 aliphatic carbocycles. The van der Waals surface area contributed by atoms with Crippen molar-refractivity contribution >= 4 is 39.3 Å². The van der Waals surface area contributed by atoms with Gasteiger partial charge in [-0.2, -0.15) is 0 Å². The van der Waals surface area contributed by atoms with E-state index in [1.54, 1.807) is 6.07 Å². The van der Waals surface area contributed by atoms with Crippen molar-refractivity contribution in [2.45, 2.75) is 42.5 Å². The number of carbonyl (C=O) groups excluding carboxylic acids is 1. The molecule has 11 heteroatoms. The molecule has 0 saturated heterocycles. The van der Waals surface area contributed by atoms with Crippen molar-refractivity contribution in [1.82, 2.24) is 19.9 Å². The van der Waals surface area contributed by atoms with E-state index in [9.17, 15) is 13.2 Å².